The Balaban J connectivity index is 2.30. The molecule has 1 aromatic carbocycles. The predicted octanol–water partition coefficient (Wildman–Crippen LogP) is 3.72. The second-order valence-electron chi connectivity index (χ2n) is 10.5. The normalized spacial score (nSPS) is 13.1. The van der Waals surface area contributed by atoms with E-state index in [9.17, 15) is 23.6 Å². The van der Waals surface area contributed by atoms with E-state index in [0.29, 0.717) is 16.5 Å². The van der Waals surface area contributed by atoms with Gasteiger partial charge in [0, 0.05) is 37.0 Å². The number of H-pyrrole nitrogens is 1. The van der Waals surface area contributed by atoms with Crippen LogP contribution in [-0.2, 0) is 35.0 Å². The van der Waals surface area contributed by atoms with Crippen molar-refractivity contribution in [3.05, 3.63) is 35.8 Å². The van der Waals surface area contributed by atoms with Crippen LogP contribution in [-0.4, -0.2) is 72.3 Å². The van der Waals surface area contributed by atoms with E-state index in [1.807, 2.05) is 13.8 Å². The van der Waals surface area contributed by atoms with Crippen molar-refractivity contribution in [1.29, 1.82) is 0 Å². The van der Waals surface area contributed by atoms with Gasteiger partial charge in [-0.15, -0.1) is 0 Å². The van der Waals surface area contributed by atoms with E-state index in [4.69, 9.17) is 14.2 Å². The van der Waals surface area contributed by atoms with Crippen LogP contribution in [0, 0.1) is 11.7 Å². The molecule has 2 aromatic rings. The number of aromatic nitrogens is 1. The topological polar surface area (TPSA) is 127 Å². The molecule has 0 aliphatic heterocycles. The number of benzene rings is 1. The van der Waals surface area contributed by atoms with E-state index in [1.54, 1.807) is 33.0 Å². The maximum absolute atomic E-state index is 13.9. The van der Waals surface area contributed by atoms with E-state index < -0.39 is 47.4 Å². The van der Waals surface area contributed by atoms with E-state index in [0.717, 1.165) is 4.90 Å². The number of hydrogen-bond donors (Lipinski definition) is 2. The molecule has 0 unspecified atom stereocenters. The first-order valence-corrected chi connectivity index (χ1v) is 12.5. The maximum Gasteiger partial charge on any atom is 0.408 e. The van der Waals surface area contributed by atoms with Gasteiger partial charge in [0.2, 0.25) is 5.91 Å². The summed E-state index contributed by atoms with van der Waals surface area (Å²) in [6, 6.07) is 1.94. The zero-order valence-electron chi connectivity index (χ0n) is 23.1. The molecule has 1 heterocycles. The van der Waals surface area contributed by atoms with Crippen molar-refractivity contribution in [3.63, 3.8) is 0 Å². The summed E-state index contributed by atoms with van der Waals surface area (Å²) in [5.74, 6) is -2.14. The van der Waals surface area contributed by atoms with Gasteiger partial charge in [-0.25, -0.2) is 14.0 Å². The summed E-state index contributed by atoms with van der Waals surface area (Å²) in [5, 5.41) is 3.13. The number of fused-ring (bicyclic) bond motifs is 1. The summed E-state index contributed by atoms with van der Waals surface area (Å²) in [6.07, 6.45) is 0.626. The fourth-order valence-electron chi connectivity index (χ4n) is 3.78. The van der Waals surface area contributed by atoms with Gasteiger partial charge in [-0.3, -0.25) is 9.59 Å². The number of nitrogens with zero attached hydrogens (tertiary/aromatic N) is 1. The zero-order valence-corrected chi connectivity index (χ0v) is 23.1. The van der Waals surface area contributed by atoms with Gasteiger partial charge < -0.3 is 29.4 Å². The zero-order chi connectivity index (χ0) is 28.6. The Kier molecular flexibility index (Phi) is 10.7. The van der Waals surface area contributed by atoms with Crippen LogP contribution in [0.1, 0.15) is 53.0 Å². The van der Waals surface area contributed by atoms with Gasteiger partial charge in [-0.1, -0.05) is 13.8 Å². The van der Waals surface area contributed by atoms with E-state index in [2.05, 4.69) is 10.3 Å². The Morgan fingerprint density at radius 3 is 2.45 bits per heavy atom. The molecule has 2 rings (SSSR count). The summed E-state index contributed by atoms with van der Waals surface area (Å²) in [7, 11) is 2.57. The van der Waals surface area contributed by atoms with Gasteiger partial charge in [-0.05, 0) is 56.9 Å². The van der Waals surface area contributed by atoms with Crippen LogP contribution in [0.2, 0.25) is 0 Å². The smallest absolute Gasteiger partial charge is 0.408 e. The van der Waals surface area contributed by atoms with Crippen LogP contribution in [0.4, 0.5) is 9.18 Å². The van der Waals surface area contributed by atoms with Crippen LogP contribution < -0.4 is 5.32 Å². The molecule has 2 atom stereocenters. The van der Waals surface area contributed by atoms with Crippen molar-refractivity contribution in [1.82, 2.24) is 15.2 Å². The van der Waals surface area contributed by atoms with Gasteiger partial charge in [0.25, 0.3) is 0 Å². The highest BCUT2D eigenvalue weighted by molar-refractivity contribution is 5.91. The molecule has 0 radical (unpaired) electrons. The van der Waals surface area contributed by atoms with E-state index in [-0.39, 0.29) is 31.8 Å². The summed E-state index contributed by atoms with van der Waals surface area (Å²) in [6.45, 7) is 9.09. The first-order chi connectivity index (χ1) is 17.7. The lowest BCUT2D eigenvalue weighted by molar-refractivity contribution is -0.154. The Bertz CT molecular complexity index is 1140. The molecule has 210 valence electrons. The predicted molar refractivity (Wildman–Crippen MR) is 139 cm³/mol. The largest absolute Gasteiger partial charge is 0.467 e. The number of nitrogens with one attached hydrogen (secondary N) is 2. The fraction of sp³-hybridized carbons (Fsp3) is 0.556. The standard InChI is InChI=1S/C27H38FN3O7/c1-16(2)15-37-23(32)11-10-22(25(34)36-7)31(6)24(33)21(30-26(35)38-27(3,4)5)12-17-14-29-20-9-8-18(28)13-19(17)20/h8-9,13-14,16,21-22,29H,10-12,15H2,1-7H3,(H,30,35)/t21-,22-/m0/s1. The third-order valence-electron chi connectivity index (χ3n) is 5.63. The average Bonchev–Trinajstić information content (AvgIpc) is 3.21. The van der Waals surface area contributed by atoms with Crippen molar-refractivity contribution < 1.29 is 37.8 Å². The number of likely N-dealkylation sites (N-methyl/N-ethyl adjacent to an activating group) is 1. The SMILES string of the molecule is COC(=O)[C@H](CCC(=O)OCC(C)C)N(C)C(=O)[C@H](Cc1c[nH]c2ccc(F)cc12)NC(=O)OC(C)(C)C. The number of amides is 2. The van der Waals surface area contributed by atoms with Crippen molar-refractivity contribution >= 4 is 34.8 Å². The Labute approximate surface area is 222 Å². The van der Waals surface area contributed by atoms with Gasteiger partial charge in [-0.2, -0.15) is 0 Å². The molecule has 0 aliphatic carbocycles. The van der Waals surface area contributed by atoms with E-state index in [1.165, 1.54) is 26.3 Å². The highest BCUT2D eigenvalue weighted by Gasteiger charge is 2.34. The van der Waals surface area contributed by atoms with Gasteiger partial charge in [0.05, 0.1) is 13.7 Å². The third kappa shape index (κ3) is 9.04. The van der Waals surface area contributed by atoms with Crippen molar-refractivity contribution in [2.24, 2.45) is 5.92 Å². The molecular formula is C27H38FN3O7. The lowest BCUT2D eigenvalue weighted by atomic mass is 10.0. The monoisotopic (exact) mass is 535 g/mol. The number of ether oxygens (including phenoxy) is 3. The second-order valence-corrected chi connectivity index (χ2v) is 10.5. The Hall–Kier alpha value is -3.63. The first-order valence-electron chi connectivity index (χ1n) is 12.5. The molecule has 0 spiro atoms. The molecule has 11 heteroatoms. The Morgan fingerprint density at radius 2 is 1.84 bits per heavy atom. The number of halogens is 1. The lowest BCUT2D eigenvalue weighted by Gasteiger charge is -2.30. The molecule has 2 N–H and O–H groups in total. The molecule has 10 nitrogen and oxygen atoms in total. The molecule has 0 aliphatic rings. The molecule has 1 aromatic heterocycles. The fourth-order valence-corrected chi connectivity index (χ4v) is 3.78. The quantitative estimate of drug-likeness (QED) is 0.332. The van der Waals surface area contributed by atoms with Crippen LogP contribution in [0.15, 0.2) is 24.4 Å². The Morgan fingerprint density at radius 1 is 1.16 bits per heavy atom. The number of hydrogen-bond acceptors (Lipinski definition) is 7. The van der Waals surface area contributed by atoms with Gasteiger partial charge in [0.15, 0.2) is 0 Å². The van der Waals surface area contributed by atoms with Crippen LogP contribution in [0.3, 0.4) is 0 Å². The van der Waals surface area contributed by atoms with Crippen LogP contribution in [0.5, 0.6) is 0 Å². The molecular weight excluding hydrogens is 497 g/mol. The lowest BCUT2D eigenvalue weighted by Crippen LogP contribution is -2.54. The van der Waals surface area contributed by atoms with Crippen molar-refractivity contribution in [2.45, 2.75) is 71.6 Å². The molecule has 0 bridgehead atoms. The number of methoxy groups -OCH3 is 1. The van der Waals surface area contributed by atoms with Crippen LogP contribution in [0.25, 0.3) is 10.9 Å². The average molecular weight is 536 g/mol. The minimum Gasteiger partial charge on any atom is -0.467 e. The van der Waals surface area contributed by atoms with Crippen LogP contribution >= 0.6 is 0 Å². The first kappa shape index (κ1) is 30.6. The number of esters is 2. The highest BCUT2D eigenvalue weighted by atomic mass is 19.1. The van der Waals surface area contributed by atoms with E-state index >= 15 is 0 Å². The van der Waals surface area contributed by atoms with Gasteiger partial charge >= 0.3 is 18.0 Å². The molecule has 0 saturated heterocycles. The number of aromatic amines is 1. The molecule has 0 saturated carbocycles. The summed E-state index contributed by atoms with van der Waals surface area (Å²) >= 11 is 0. The summed E-state index contributed by atoms with van der Waals surface area (Å²) in [4.78, 5) is 55.1. The molecule has 2 amide bonds. The number of carbonyl (C=O) groups is 4. The molecule has 38 heavy (non-hydrogen) atoms. The minimum absolute atomic E-state index is 0.0177. The summed E-state index contributed by atoms with van der Waals surface area (Å²) < 4.78 is 29.3. The number of carbonyl (C=O) groups excluding carboxylic acids is 4. The number of alkyl carbamates (subject to hydrolysis) is 1. The highest BCUT2D eigenvalue weighted by Crippen LogP contribution is 2.22. The second kappa shape index (κ2) is 13.3. The molecule has 0 fully saturated rings. The maximum atomic E-state index is 13.9. The van der Waals surface area contributed by atoms with Crippen molar-refractivity contribution in [3.8, 4) is 0 Å². The number of rotatable bonds is 11. The third-order valence-corrected chi connectivity index (χ3v) is 5.63. The minimum atomic E-state index is -1.17. The van der Waals surface area contributed by atoms with Crippen molar-refractivity contribution in [2.75, 3.05) is 20.8 Å². The van der Waals surface area contributed by atoms with Gasteiger partial charge in [0.1, 0.15) is 23.5 Å². The summed E-state index contributed by atoms with van der Waals surface area (Å²) in [5.41, 5.74) is 0.415.